The number of nitrogens with zero attached hydrogens (tertiary/aromatic N) is 1. The zero-order valence-electron chi connectivity index (χ0n) is 17.4. The number of primary sulfonamides is 1. The van der Waals surface area contributed by atoms with Gasteiger partial charge in [0.05, 0.1) is 16.3 Å². The standard InChI is InChI=1S/C21H26FN3O5S2/c22-17-8-12-20(13-9-17)32(29,30)25(18-4-2-1-3-5-18)15-21(26)24-14-16-6-10-19(11-7-16)31(23,27)28/h6-13,18H,1-5,14-15H2,(H,24,26)(H2,23,27,28). The van der Waals surface area contributed by atoms with E-state index in [-0.39, 0.29) is 28.9 Å². The minimum atomic E-state index is -3.99. The van der Waals surface area contributed by atoms with Crippen molar-refractivity contribution in [1.29, 1.82) is 0 Å². The Morgan fingerprint density at radius 2 is 1.50 bits per heavy atom. The molecule has 0 aliphatic heterocycles. The van der Waals surface area contributed by atoms with Crippen LogP contribution in [0.4, 0.5) is 4.39 Å². The van der Waals surface area contributed by atoms with Crippen LogP contribution >= 0.6 is 0 Å². The summed E-state index contributed by atoms with van der Waals surface area (Å²) in [5.74, 6) is -1.03. The summed E-state index contributed by atoms with van der Waals surface area (Å²) in [6.45, 7) is -0.265. The second-order valence-electron chi connectivity index (χ2n) is 7.76. The summed E-state index contributed by atoms with van der Waals surface area (Å²) in [5.41, 5.74) is 0.636. The van der Waals surface area contributed by atoms with Crippen LogP contribution in [0.1, 0.15) is 37.7 Å². The number of amides is 1. The maximum atomic E-state index is 13.3. The first-order valence-electron chi connectivity index (χ1n) is 10.2. The van der Waals surface area contributed by atoms with Crippen molar-refractivity contribution in [2.45, 2.75) is 54.5 Å². The van der Waals surface area contributed by atoms with Crippen molar-refractivity contribution in [1.82, 2.24) is 9.62 Å². The predicted octanol–water partition coefficient (Wildman–Crippen LogP) is 2.11. The fourth-order valence-electron chi connectivity index (χ4n) is 3.72. The molecule has 3 N–H and O–H groups in total. The van der Waals surface area contributed by atoms with Gasteiger partial charge in [0.15, 0.2) is 0 Å². The van der Waals surface area contributed by atoms with E-state index < -0.39 is 31.8 Å². The number of rotatable bonds is 8. The first-order chi connectivity index (χ1) is 15.1. The van der Waals surface area contributed by atoms with Gasteiger partial charge in [-0.25, -0.2) is 26.4 Å². The van der Waals surface area contributed by atoms with E-state index in [0.717, 1.165) is 31.4 Å². The number of sulfonamides is 2. The summed E-state index contributed by atoms with van der Waals surface area (Å²) >= 11 is 0. The maximum absolute atomic E-state index is 13.3. The number of halogens is 1. The van der Waals surface area contributed by atoms with Gasteiger partial charge in [0, 0.05) is 12.6 Å². The first-order valence-corrected chi connectivity index (χ1v) is 13.2. The molecule has 0 bridgehead atoms. The van der Waals surface area contributed by atoms with Gasteiger partial charge in [-0.15, -0.1) is 0 Å². The fraction of sp³-hybridized carbons (Fsp3) is 0.381. The lowest BCUT2D eigenvalue weighted by atomic mass is 9.95. The van der Waals surface area contributed by atoms with Crippen LogP contribution in [0.2, 0.25) is 0 Å². The number of nitrogens with one attached hydrogen (secondary N) is 1. The molecule has 8 nitrogen and oxygen atoms in total. The van der Waals surface area contributed by atoms with E-state index in [1.165, 1.54) is 40.7 Å². The maximum Gasteiger partial charge on any atom is 0.243 e. The quantitative estimate of drug-likeness (QED) is 0.595. The largest absolute Gasteiger partial charge is 0.351 e. The van der Waals surface area contributed by atoms with Crippen LogP contribution in [0.3, 0.4) is 0 Å². The van der Waals surface area contributed by atoms with Gasteiger partial charge in [0.1, 0.15) is 5.82 Å². The molecular weight excluding hydrogens is 457 g/mol. The van der Waals surface area contributed by atoms with Crippen LogP contribution in [0, 0.1) is 5.82 Å². The van der Waals surface area contributed by atoms with Crippen molar-refractivity contribution >= 4 is 26.0 Å². The summed E-state index contributed by atoms with van der Waals surface area (Å²) in [4.78, 5) is 12.5. The molecule has 32 heavy (non-hydrogen) atoms. The predicted molar refractivity (Wildman–Crippen MR) is 117 cm³/mol. The van der Waals surface area contributed by atoms with Crippen molar-refractivity contribution in [2.24, 2.45) is 5.14 Å². The summed E-state index contributed by atoms with van der Waals surface area (Å²) < 4.78 is 63.6. The highest BCUT2D eigenvalue weighted by Gasteiger charge is 2.33. The van der Waals surface area contributed by atoms with Crippen LogP contribution in [-0.2, 0) is 31.4 Å². The van der Waals surface area contributed by atoms with Crippen LogP contribution in [0.15, 0.2) is 58.3 Å². The third-order valence-corrected chi connectivity index (χ3v) is 8.29. The molecule has 1 fully saturated rings. The Hall–Kier alpha value is -2.34. The van der Waals surface area contributed by atoms with E-state index in [1.54, 1.807) is 0 Å². The average Bonchev–Trinajstić information content (AvgIpc) is 2.76. The van der Waals surface area contributed by atoms with Crippen molar-refractivity contribution in [3.8, 4) is 0 Å². The highest BCUT2D eigenvalue weighted by molar-refractivity contribution is 7.89. The topological polar surface area (TPSA) is 127 Å². The smallest absolute Gasteiger partial charge is 0.243 e. The number of benzene rings is 2. The average molecular weight is 484 g/mol. The van der Waals surface area contributed by atoms with Crippen molar-refractivity contribution in [2.75, 3.05) is 6.54 Å². The van der Waals surface area contributed by atoms with Crippen LogP contribution in [0.5, 0.6) is 0 Å². The molecule has 0 atom stereocenters. The molecule has 3 rings (SSSR count). The summed E-state index contributed by atoms with van der Waals surface area (Å²) in [5, 5.41) is 7.74. The Balaban J connectivity index is 1.73. The number of hydrogen-bond acceptors (Lipinski definition) is 5. The normalized spacial score (nSPS) is 15.6. The van der Waals surface area contributed by atoms with Crippen LogP contribution in [-0.4, -0.2) is 39.6 Å². The minimum absolute atomic E-state index is 0.0403. The van der Waals surface area contributed by atoms with Gasteiger partial charge in [0.2, 0.25) is 26.0 Å². The van der Waals surface area contributed by atoms with Crippen LogP contribution in [0.25, 0.3) is 0 Å². The zero-order chi connectivity index (χ0) is 23.4. The van der Waals surface area contributed by atoms with E-state index in [9.17, 15) is 26.0 Å². The van der Waals surface area contributed by atoms with E-state index in [2.05, 4.69) is 5.32 Å². The lowest BCUT2D eigenvalue weighted by Gasteiger charge is -2.33. The van der Waals surface area contributed by atoms with Gasteiger partial charge in [-0.2, -0.15) is 4.31 Å². The lowest BCUT2D eigenvalue weighted by molar-refractivity contribution is -0.121. The highest BCUT2D eigenvalue weighted by Crippen LogP contribution is 2.27. The summed E-state index contributed by atoms with van der Waals surface area (Å²) in [6.07, 6.45) is 4.07. The molecule has 1 aliphatic rings. The number of carbonyl (C=O) groups is 1. The molecule has 11 heteroatoms. The van der Waals surface area contributed by atoms with Gasteiger partial charge in [0.25, 0.3) is 0 Å². The zero-order valence-corrected chi connectivity index (χ0v) is 19.0. The van der Waals surface area contributed by atoms with Crippen LogP contribution < -0.4 is 10.5 Å². The monoisotopic (exact) mass is 483 g/mol. The minimum Gasteiger partial charge on any atom is -0.351 e. The SMILES string of the molecule is NS(=O)(=O)c1ccc(CNC(=O)CN(C2CCCCC2)S(=O)(=O)c2ccc(F)cc2)cc1. The Kier molecular flexibility index (Phi) is 7.65. The third kappa shape index (κ3) is 6.12. The first kappa shape index (κ1) is 24.3. The second-order valence-corrected chi connectivity index (χ2v) is 11.2. The van der Waals surface area contributed by atoms with Gasteiger partial charge in [-0.05, 0) is 54.8 Å². The van der Waals surface area contributed by atoms with Crippen molar-refractivity contribution < 1.29 is 26.0 Å². The van der Waals surface area contributed by atoms with Gasteiger partial charge in [-0.1, -0.05) is 31.4 Å². The molecule has 1 saturated carbocycles. The molecule has 1 amide bonds. The molecule has 174 valence electrons. The molecule has 2 aromatic carbocycles. The summed E-state index contributed by atoms with van der Waals surface area (Å²) in [6, 6.07) is 9.97. The molecule has 0 saturated heterocycles. The van der Waals surface area contributed by atoms with Gasteiger partial charge < -0.3 is 5.32 Å². The van der Waals surface area contributed by atoms with Gasteiger partial charge >= 0.3 is 0 Å². The van der Waals surface area contributed by atoms with E-state index >= 15 is 0 Å². The molecular formula is C21H26FN3O5S2. The molecule has 0 heterocycles. The highest BCUT2D eigenvalue weighted by atomic mass is 32.2. The van der Waals surface area contributed by atoms with E-state index in [0.29, 0.717) is 18.4 Å². The number of carbonyl (C=O) groups excluding carboxylic acids is 1. The molecule has 0 unspecified atom stereocenters. The van der Waals surface area contributed by atoms with Crippen molar-refractivity contribution in [3.05, 3.63) is 59.9 Å². The molecule has 0 aromatic heterocycles. The fourth-order valence-corrected chi connectivity index (χ4v) is 5.87. The van der Waals surface area contributed by atoms with E-state index in [1.807, 2.05) is 0 Å². The molecule has 2 aromatic rings. The van der Waals surface area contributed by atoms with Gasteiger partial charge in [-0.3, -0.25) is 4.79 Å². The lowest BCUT2D eigenvalue weighted by Crippen LogP contribution is -2.46. The van der Waals surface area contributed by atoms with E-state index in [4.69, 9.17) is 5.14 Å². The molecule has 0 spiro atoms. The number of nitrogens with two attached hydrogens (primary N) is 1. The Morgan fingerprint density at radius 3 is 2.06 bits per heavy atom. The van der Waals surface area contributed by atoms with Crippen molar-refractivity contribution in [3.63, 3.8) is 0 Å². The second kappa shape index (κ2) is 10.1. The summed E-state index contributed by atoms with van der Waals surface area (Å²) in [7, 11) is -7.80. The molecule has 0 radical (unpaired) electrons. The number of hydrogen-bond donors (Lipinski definition) is 2. The third-order valence-electron chi connectivity index (χ3n) is 5.44. The Bertz CT molecular complexity index is 1140. The Morgan fingerprint density at radius 1 is 0.938 bits per heavy atom. The molecule has 1 aliphatic carbocycles. The Labute approximate surface area is 187 Å².